The van der Waals surface area contributed by atoms with Gasteiger partial charge in [-0.15, -0.1) is 0 Å². The SMILES string of the molecule is Cc1cc(NC(=O)COC(=O)[C@@H]2CC(=O)N(c3cc(Cl)ccc3Cl)C2)cc(C)c1Br. The van der Waals surface area contributed by atoms with Gasteiger partial charge in [-0.3, -0.25) is 14.4 Å². The van der Waals surface area contributed by atoms with Crippen molar-refractivity contribution in [1.82, 2.24) is 0 Å². The second-order valence-corrected chi connectivity index (χ2v) is 8.72. The van der Waals surface area contributed by atoms with Crippen LogP contribution in [0.1, 0.15) is 17.5 Å². The molecule has 2 aromatic rings. The van der Waals surface area contributed by atoms with E-state index in [-0.39, 0.29) is 18.9 Å². The smallest absolute Gasteiger partial charge is 0.311 e. The fourth-order valence-corrected chi connectivity index (χ4v) is 3.88. The Morgan fingerprint density at radius 3 is 2.53 bits per heavy atom. The molecule has 0 unspecified atom stereocenters. The highest BCUT2D eigenvalue weighted by atomic mass is 79.9. The predicted octanol–water partition coefficient (Wildman–Crippen LogP) is 4.91. The quantitative estimate of drug-likeness (QED) is 0.576. The lowest BCUT2D eigenvalue weighted by atomic mass is 10.1. The highest BCUT2D eigenvalue weighted by molar-refractivity contribution is 9.10. The molecule has 0 aromatic heterocycles. The third kappa shape index (κ3) is 5.14. The molecule has 6 nitrogen and oxygen atoms in total. The zero-order chi connectivity index (χ0) is 22.0. The van der Waals surface area contributed by atoms with Gasteiger partial charge in [-0.25, -0.2) is 0 Å². The van der Waals surface area contributed by atoms with Crippen LogP contribution in [0.4, 0.5) is 11.4 Å². The maximum Gasteiger partial charge on any atom is 0.311 e. The van der Waals surface area contributed by atoms with Gasteiger partial charge < -0.3 is 15.0 Å². The largest absolute Gasteiger partial charge is 0.455 e. The van der Waals surface area contributed by atoms with Gasteiger partial charge in [0.15, 0.2) is 6.61 Å². The first-order valence-electron chi connectivity index (χ1n) is 9.14. The Morgan fingerprint density at radius 1 is 1.20 bits per heavy atom. The van der Waals surface area contributed by atoms with Gasteiger partial charge in [-0.05, 0) is 55.3 Å². The molecule has 0 spiro atoms. The number of carbonyl (C=O) groups is 3. The molecule has 30 heavy (non-hydrogen) atoms. The third-order valence-electron chi connectivity index (χ3n) is 4.72. The molecule has 9 heteroatoms. The highest BCUT2D eigenvalue weighted by Gasteiger charge is 2.37. The summed E-state index contributed by atoms with van der Waals surface area (Å²) in [4.78, 5) is 38.3. The van der Waals surface area contributed by atoms with Crippen molar-refractivity contribution >= 4 is 68.3 Å². The van der Waals surface area contributed by atoms with E-state index in [0.717, 1.165) is 15.6 Å². The van der Waals surface area contributed by atoms with Gasteiger partial charge in [0.25, 0.3) is 5.91 Å². The Bertz CT molecular complexity index is 1010. The fourth-order valence-electron chi connectivity index (χ4n) is 3.26. The minimum atomic E-state index is -0.683. The van der Waals surface area contributed by atoms with Crippen molar-refractivity contribution in [3.63, 3.8) is 0 Å². The molecule has 2 amide bonds. The average Bonchev–Trinajstić information content (AvgIpc) is 3.07. The summed E-state index contributed by atoms with van der Waals surface area (Å²) in [6, 6.07) is 8.42. The van der Waals surface area contributed by atoms with Crippen molar-refractivity contribution in [3.05, 3.63) is 56.0 Å². The van der Waals surface area contributed by atoms with Gasteiger partial charge in [0, 0.05) is 28.1 Å². The van der Waals surface area contributed by atoms with Crippen LogP contribution in [0.25, 0.3) is 0 Å². The Balaban J connectivity index is 1.57. The standard InChI is InChI=1S/C21H19BrCl2N2O4/c1-11-5-15(6-12(2)20(11)22)25-18(27)10-30-21(29)13-7-19(28)26(9-13)17-8-14(23)3-4-16(17)24/h3-6,8,13H,7,9-10H2,1-2H3,(H,25,27)/t13-/m1/s1. The summed E-state index contributed by atoms with van der Waals surface area (Å²) in [6.07, 6.45) is -0.0194. The summed E-state index contributed by atoms with van der Waals surface area (Å²) in [5.41, 5.74) is 3.02. The van der Waals surface area contributed by atoms with E-state index >= 15 is 0 Å². The topological polar surface area (TPSA) is 75.7 Å². The summed E-state index contributed by atoms with van der Waals surface area (Å²) in [5, 5.41) is 3.50. The number of nitrogens with zero attached hydrogens (tertiary/aromatic N) is 1. The van der Waals surface area contributed by atoms with Gasteiger partial charge in [0.05, 0.1) is 16.6 Å². The molecule has 0 aliphatic carbocycles. The number of carbonyl (C=O) groups excluding carboxylic acids is 3. The minimum Gasteiger partial charge on any atom is -0.455 e. The molecule has 0 saturated carbocycles. The summed E-state index contributed by atoms with van der Waals surface area (Å²) in [6.45, 7) is 3.52. The minimum absolute atomic E-state index is 0.0194. The van der Waals surface area contributed by atoms with Crippen LogP contribution in [0.3, 0.4) is 0 Å². The number of hydrogen-bond donors (Lipinski definition) is 1. The zero-order valence-electron chi connectivity index (χ0n) is 16.3. The normalized spacial score (nSPS) is 16.0. The maximum atomic E-state index is 12.4. The second kappa shape index (κ2) is 9.37. The predicted molar refractivity (Wildman–Crippen MR) is 120 cm³/mol. The summed E-state index contributed by atoms with van der Waals surface area (Å²) >= 11 is 15.6. The Labute approximate surface area is 192 Å². The Morgan fingerprint density at radius 2 is 1.87 bits per heavy atom. The zero-order valence-corrected chi connectivity index (χ0v) is 19.4. The first-order chi connectivity index (χ1) is 14.2. The fraction of sp³-hybridized carbons (Fsp3) is 0.286. The van der Waals surface area contributed by atoms with E-state index in [1.807, 2.05) is 26.0 Å². The molecule has 2 aromatic carbocycles. The average molecular weight is 514 g/mol. The van der Waals surface area contributed by atoms with Crippen LogP contribution < -0.4 is 10.2 Å². The van der Waals surface area contributed by atoms with Crippen LogP contribution in [-0.4, -0.2) is 30.9 Å². The number of benzene rings is 2. The molecule has 1 aliphatic heterocycles. The van der Waals surface area contributed by atoms with Crippen molar-refractivity contribution in [3.8, 4) is 0 Å². The molecule has 1 heterocycles. The van der Waals surface area contributed by atoms with Crippen molar-refractivity contribution in [2.24, 2.45) is 5.92 Å². The van der Waals surface area contributed by atoms with Crippen LogP contribution in [0.5, 0.6) is 0 Å². The lowest BCUT2D eigenvalue weighted by molar-refractivity contribution is -0.151. The van der Waals surface area contributed by atoms with Gasteiger partial charge in [-0.1, -0.05) is 39.1 Å². The third-order valence-corrected chi connectivity index (χ3v) is 6.53. The van der Waals surface area contributed by atoms with E-state index in [9.17, 15) is 14.4 Å². The van der Waals surface area contributed by atoms with Crippen LogP contribution in [0.15, 0.2) is 34.8 Å². The van der Waals surface area contributed by atoms with Gasteiger partial charge in [0.1, 0.15) is 0 Å². The number of anilines is 2. The van der Waals surface area contributed by atoms with E-state index in [4.69, 9.17) is 27.9 Å². The van der Waals surface area contributed by atoms with Gasteiger partial charge in [0.2, 0.25) is 5.91 Å². The molecular weight excluding hydrogens is 495 g/mol. The second-order valence-electron chi connectivity index (χ2n) is 7.08. The van der Waals surface area contributed by atoms with Crippen LogP contribution in [0, 0.1) is 19.8 Å². The number of nitrogens with one attached hydrogen (secondary N) is 1. The van der Waals surface area contributed by atoms with Crippen LogP contribution in [0.2, 0.25) is 10.0 Å². The van der Waals surface area contributed by atoms with Crippen molar-refractivity contribution in [2.45, 2.75) is 20.3 Å². The van der Waals surface area contributed by atoms with E-state index < -0.39 is 24.4 Å². The van der Waals surface area contributed by atoms with E-state index in [1.54, 1.807) is 18.2 Å². The number of hydrogen-bond acceptors (Lipinski definition) is 4. The van der Waals surface area contributed by atoms with Gasteiger partial charge in [-0.2, -0.15) is 0 Å². The molecule has 1 aliphatic rings. The first kappa shape index (κ1) is 22.6. The Hall–Kier alpha value is -2.09. The number of halogens is 3. The molecule has 158 valence electrons. The highest BCUT2D eigenvalue weighted by Crippen LogP contribution is 2.33. The number of ether oxygens (including phenoxy) is 1. The molecule has 0 radical (unpaired) electrons. The molecular formula is C21H19BrCl2N2O4. The number of amides is 2. The summed E-state index contributed by atoms with van der Waals surface area (Å²) in [7, 11) is 0. The molecule has 1 fully saturated rings. The van der Waals surface area contributed by atoms with Crippen molar-refractivity contribution < 1.29 is 19.1 Å². The molecule has 1 saturated heterocycles. The van der Waals surface area contributed by atoms with Crippen molar-refractivity contribution in [1.29, 1.82) is 0 Å². The molecule has 1 N–H and O–H groups in total. The lowest BCUT2D eigenvalue weighted by Gasteiger charge is -2.18. The number of esters is 1. The monoisotopic (exact) mass is 512 g/mol. The Kier molecular flexibility index (Phi) is 7.06. The summed E-state index contributed by atoms with van der Waals surface area (Å²) < 4.78 is 6.11. The molecule has 0 bridgehead atoms. The van der Waals surface area contributed by atoms with Crippen molar-refractivity contribution in [2.75, 3.05) is 23.4 Å². The summed E-state index contributed by atoms with van der Waals surface area (Å²) in [5.74, 6) is -2.00. The maximum absolute atomic E-state index is 12.4. The van der Waals surface area contributed by atoms with Crippen LogP contribution in [-0.2, 0) is 19.1 Å². The lowest BCUT2D eigenvalue weighted by Crippen LogP contribution is -2.28. The number of aryl methyl sites for hydroxylation is 2. The van der Waals surface area contributed by atoms with Gasteiger partial charge >= 0.3 is 5.97 Å². The van der Waals surface area contributed by atoms with E-state index in [1.165, 1.54) is 4.90 Å². The van der Waals surface area contributed by atoms with E-state index in [0.29, 0.717) is 21.4 Å². The molecule has 1 atom stereocenters. The number of rotatable bonds is 5. The molecule has 3 rings (SSSR count). The van der Waals surface area contributed by atoms with Crippen LogP contribution >= 0.6 is 39.1 Å². The first-order valence-corrected chi connectivity index (χ1v) is 10.7. The van der Waals surface area contributed by atoms with E-state index in [2.05, 4.69) is 21.2 Å².